The molecule has 1 aliphatic rings. The van der Waals surface area contributed by atoms with Gasteiger partial charge >= 0.3 is 0 Å². The molecular formula is C14H14N2O3S2. The lowest BCUT2D eigenvalue weighted by Gasteiger charge is -2.24. The van der Waals surface area contributed by atoms with Crippen molar-refractivity contribution in [2.75, 3.05) is 5.32 Å². The smallest absolute Gasteiger partial charge is 0.238 e. The molecule has 1 unspecified atom stereocenters. The zero-order valence-corrected chi connectivity index (χ0v) is 13.1. The molecule has 0 bridgehead atoms. The molecule has 7 heteroatoms. The van der Waals surface area contributed by atoms with Gasteiger partial charge in [-0.3, -0.25) is 0 Å². The zero-order valence-electron chi connectivity index (χ0n) is 11.5. The summed E-state index contributed by atoms with van der Waals surface area (Å²) < 4.78 is 36.2. The Balaban J connectivity index is 2.33. The Morgan fingerprint density at radius 1 is 1.14 bits per heavy atom. The molecule has 0 fully saturated rings. The molecule has 1 aliphatic heterocycles. The Bertz CT molecular complexity index is 889. The fraction of sp³-hybridized carbons (Fsp3) is 0.143. The molecule has 0 aliphatic carbocycles. The SMILES string of the molecule is Cc1cc2c(c(C)c1S(N)(=O)=O)Nc1ccccc1S2=O. The van der Waals surface area contributed by atoms with Gasteiger partial charge in [-0.05, 0) is 43.2 Å². The first-order chi connectivity index (χ1) is 9.80. The van der Waals surface area contributed by atoms with Crippen LogP contribution in [0.3, 0.4) is 0 Å². The summed E-state index contributed by atoms with van der Waals surface area (Å²) in [5.74, 6) is 0. The second-order valence-corrected chi connectivity index (χ2v) is 7.87. The number of hydrogen-bond donors (Lipinski definition) is 2. The number of nitrogens with two attached hydrogens (primary N) is 1. The summed E-state index contributed by atoms with van der Waals surface area (Å²) in [4.78, 5) is 1.35. The van der Waals surface area contributed by atoms with Gasteiger partial charge in [-0.2, -0.15) is 0 Å². The van der Waals surface area contributed by atoms with Crippen molar-refractivity contribution in [3.63, 3.8) is 0 Å². The number of rotatable bonds is 1. The maximum Gasteiger partial charge on any atom is 0.238 e. The molecule has 0 aromatic heterocycles. The highest BCUT2D eigenvalue weighted by Crippen LogP contribution is 2.41. The third-order valence-corrected chi connectivity index (χ3v) is 6.17. The van der Waals surface area contributed by atoms with Crippen LogP contribution in [-0.2, 0) is 20.8 Å². The van der Waals surface area contributed by atoms with E-state index in [9.17, 15) is 12.6 Å². The fourth-order valence-electron chi connectivity index (χ4n) is 2.65. The molecule has 2 aromatic rings. The average Bonchev–Trinajstić information content (AvgIpc) is 2.39. The Hall–Kier alpha value is -1.70. The van der Waals surface area contributed by atoms with E-state index >= 15 is 0 Å². The Kier molecular flexibility index (Phi) is 3.16. The lowest BCUT2D eigenvalue weighted by molar-refractivity contribution is 0.596. The van der Waals surface area contributed by atoms with Crippen LogP contribution in [0.2, 0.25) is 0 Å². The van der Waals surface area contributed by atoms with Crippen LogP contribution in [-0.4, -0.2) is 12.6 Å². The van der Waals surface area contributed by atoms with Crippen LogP contribution in [0.1, 0.15) is 11.1 Å². The van der Waals surface area contributed by atoms with Gasteiger partial charge in [0.1, 0.15) is 0 Å². The second kappa shape index (κ2) is 4.66. The number of hydrogen-bond acceptors (Lipinski definition) is 4. The summed E-state index contributed by atoms with van der Waals surface area (Å²) in [6.45, 7) is 3.33. The summed E-state index contributed by atoms with van der Waals surface area (Å²) in [6.07, 6.45) is 0. The van der Waals surface area contributed by atoms with Gasteiger partial charge in [-0.15, -0.1) is 0 Å². The van der Waals surface area contributed by atoms with E-state index in [0.29, 0.717) is 26.6 Å². The van der Waals surface area contributed by atoms with Crippen LogP contribution < -0.4 is 10.5 Å². The van der Waals surface area contributed by atoms with Crippen LogP contribution in [0.5, 0.6) is 0 Å². The molecule has 1 atom stereocenters. The van der Waals surface area contributed by atoms with Gasteiger partial charge < -0.3 is 5.32 Å². The van der Waals surface area contributed by atoms with Crippen molar-refractivity contribution in [2.45, 2.75) is 28.5 Å². The van der Waals surface area contributed by atoms with Crippen molar-refractivity contribution in [3.8, 4) is 0 Å². The molecule has 110 valence electrons. The van der Waals surface area contributed by atoms with Gasteiger partial charge in [0.15, 0.2) is 0 Å². The number of sulfonamides is 1. The minimum atomic E-state index is -3.83. The number of nitrogens with one attached hydrogen (secondary N) is 1. The van der Waals surface area contributed by atoms with Crippen molar-refractivity contribution in [1.82, 2.24) is 0 Å². The van der Waals surface area contributed by atoms with Crippen molar-refractivity contribution >= 4 is 32.2 Å². The van der Waals surface area contributed by atoms with Gasteiger partial charge in [0.2, 0.25) is 10.0 Å². The van der Waals surface area contributed by atoms with Crippen molar-refractivity contribution in [2.24, 2.45) is 5.14 Å². The molecular weight excluding hydrogens is 308 g/mol. The van der Waals surface area contributed by atoms with Gasteiger partial charge in [0, 0.05) is 0 Å². The van der Waals surface area contributed by atoms with Gasteiger partial charge in [0.25, 0.3) is 0 Å². The highest BCUT2D eigenvalue weighted by Gasteiger charge is 2.27. The van der Waals surface area contributed by atoms with E-state index in [4.69, 9.17) is 5.14 Å². The first kappa shape index (κ1) is 14.2. The predicted octanol–water partition coefficient (Wildman–Crippen LogP) is 2.17. The molecule has 0 amide bonds. The Morgan fingerprint density at radius 3 is 2.48 bits per heavy atom. The Labute approximate surface area is 125 Å². The predicted molar refractivity (Wildman–Crippen MR) is 81.7 cm³/mol. The van der Waals surface area contributed by atoms with Crippen molar-refractivity contribution < 1.29 is 12.6 Å². The maximum atomic E-state index is 12.7. The average molecular weight is 322 g/mol. The summed E-state index contributed by atoms with van der Waals surface area (Å²) in [7, 11) is -5.18. The largest absolute Gasteiger partial charge is 0.353 e. The van der Waals surface area contributed by atoms with E-state index in [1.165, 1.54) is 0 Å². The highest BCUT2D eigenvalue weighted by molar-refractivity contribution is 7.89. The van der Waals surface area contributed by atoms with E-state index in [1.807, 2.05) is 18.2 Å². The minimum Gasteiger partial charge on any atom is -0.353 e. The number of benzene rings is 2. The first-order valence-corrected chi connectivity index (χ1v) is 8.95. The molecule has 2 aromatic carbocycles. The zero-order chi connectivity index (χ0) is 15.4. The third-order valence-electron chi connectivity index (χ3n) is 3.50. The number of anilines is 2. The van der Waals surface area contributed by atoms with Crippen LogP contribution >= 0.6 is 0 Å². The van der Waals surface area contributed by atoms with E-state index in [0.717, 1.165) is 5.69 Å². The molecule has 0 saturated carbocycles. The van der Waals surface area contributed by atoms with E-state index in [-0.39, 0.29) is 4.90 Å². The molecule has 0 radical (unpaired) electrons. The van der Waals surface area contributed by atoms with Gasteiger partial charge in [-0.1, -0.05) is 12.1 Å². The summed E-state index contributed by atoms with van der Waals surface area (Å²) in [5, 5.41) is 8.46. The maximum absolute atomic E-state index is 12.7. The van der Waals surface area contributed by atoms with E-state index < -0.39 is 20.8 Å². The molecule has 3 N–H and O–H groups in total. The molecule has 0 saturated heterocycles. The monoisotopic (exact) mass is 322 g/mol. The van der Waals surface area contributed by atoms with Gasteiger partial charge in [0.05, 0.1) is 36.9 Å². The molecule has 0 spiro atoms. The van der Waals surface area contributed by atoms with E-state index in [2.05, 4.69) is 5.32 Å². The number of para-hydroxylation sites is 1. The molecule has 5 nitrogen and oxygen atoms in total. The topological polar surface area (TPSA) is 89.3 Å². The summed E-state index contributed by atoms with van der Waals surface area (Å²) in [5.41, 5.74) is 2.27. The van der Waals surface area contributed by atoms with Gasteiger partial charge in [-0.25, -0.2) is 17.8 Å². The third kappa shape index (κ3) is 2.17. The number of aryl methyl sites for hydroxylation is 1. The standard InChI is InChI=1S/C14H14N2O3S2/c1-8-7-12-13(9(2)14(8)21(15,18)19)16-10-5-3-4-6-11(10)20(12)17/h3-7,16H,1-2H3,(H2,15,18,19). The molecule has 1 heterocycles. The summed E-state index contributed by atoms with van der Waals surface area (Å²) >= 11 is 0. The van der Waals surface area contributed by atoms with Crippen molar-refractivity contribution in [3.05, 3.63) is 41.5 Å². The summed E-state index contributed by atoms with van der Waals surface area (Å²) in [6, 6.07) is 8.88. The molecule has 21 heavy (non-hydrogen) atoms. The Morgan fingerprint density at radius 2 is 1.81 bits per heavy atom. The second-order valence-electron chi connectivity index (χ2n) is 4.96. The molecule has 3 rings (SSSR count). The number of fused-ring (bicyclic) bond motifs is 2. The van der Waals surface area contributed by atoms with Crippen LogP contribution in [0.25, 0.3) is 0 Å². The minimum absolute atomic E-state index is 0.0881. The lowest BCUT2D eigenvalue weighted by Crippen LogP contribution is -2.18. The van der Waals surface area contributed by atoms with Crippen LogP contribution in [0.4, 0.5) is 11.4 Å². The fourth-order valence-corrected chi connectivity index (χ4v) is 5.12. The van der Waals surface area contributed by atoms with Crippen LogP contribution in [0.15, 0.2) is 45.0 Å². The first-order valence-electron chi connectivity index (χ1n) is 6.25. The quantitative estimate of drug-likeness (QED) is 0.718. The highest BCUT2D eigenvalue weighted by atomic mass is 32.2. The lowest BCUT2D eigenvalue weighted by atomic mass is 10.1. The van der Waals surface area contributed by atoms with Crippen LogP contribution in [0, 0.1) is 13.8 Å². The number of primary sulfonamides is 1. The normalized spacial score (nSPS) is 16.8. The van der Waals surface area contributed by atoms with Crippen molar-refractivity contribution in [1.29, 1.82) is 0 Å². The van der Waals surface area contributed by atoms with E-state index in [1.54, 1.807) is 26.0 Å².